The molecule has 1 rings (SSSR count). The minimum absolute atomic E-state index is 0.00302. The van der Waals surface area contributed by atoms with Crippen molar-refractivity contribution in [3.63, 3.8) is 0 Å². The lowest BCUT2D eigenvalue weighted by atomic mass is 9.88. The number of aliphatic hydroxyl groups is 1. The topological polar surface area (TPSA) is 36.4 Å². The molecule has 1 unspecified atom stereocenters. The highest BCUT2D eigenvalue weighted by Crippen LogP contribution is 2.21. The van der Waals surface area contributed by atoms with E-state index >= 15 is 0 Å². The Morgan fingerprint density at radius 3 is 2.75 bits per heavy atom. The van der Waals surface area contributed by atoms with Crippen LogP contribution in [0.5, 0.6) is 0 Å². The van der Waals surface area contributed by atoms with Crippen LogP contribution in [0.3, 0.4) is 0 Å². The Kier molecular flexibility index (Phi) is 4.90. The quantitative estimate of drug-likeness (QED) is 0.799. The lowest BCUT2D eigenvalue weighted by Crippen LogP contribution is -2.35. The Bertz CT molecular complexity index is 296. The second kappa shape index (κ2) is 5.97. The first-order valence-corrected chi connectivity index (χ1v) is 5.78. The van der Waals surface area contributed by atoms with Gasteiger partial charge < -0.3 is 10.0 Å². The number of aromatic nitrogens is 1. The summed E-state index contributed by atoms with van der Waals surface area (Å²) >= 11 is 0. The van der Waals surface area contributed by atoms with Crippen LogP contribution in [0.2, 0.25) is 0 Å². The van der Waals surface area contributed by atoms with Crippen LogP contribution in [0, 0.1) is 5.41 Å². The van der Waals surface area contributed by atoms with E-state index < -0.39 is 0 Å². The summed E-state index contributed by atoms with van der Waals surface area (Å²) in [5, 5.41) is 9.36. The average Bonchev–Trinajstić information content (AvgIpc) is 2.30. The van der Waals surface area contributed by atoms with Crippen molar-refractivity contribution < 1.29 is 5.11 Å². The van der Waals surface area contributed by atoms with E-state index in [9.17, 15) is 5.11 Å². The maximum absolute atomic E-state index is 9.36. The molecular weight excluding hydrogens is 200 g/mol. The molecule has 1 atom stereocenters. The molecule has 0 fully saturated rings. The van der Waals surface area contributed by atoms with Gasteiger partial charge in [0.25, 0.3) is 0 Å². The highest BCUT2D eigenvalue weighted by Gasteiger charge is 2.22. The molecule has 0 aliphatic heterocycles. The number of hydrogen-bond donors (Lipinski definition) is 1. The van der Waals surface area contributed by atoms with Crippen LogP contribution in [-0.2, 0) is 6.54 Å². The monoisotopic (exact) mass is 222 g/mol. The Balaban J connectivity index is 2.50. The third-order valence-electron chi connectivity index (χ3n) is 3.06. The van der Waals surface area contributed by atoms with Crippen molar-refractivity contribution in [1.29, 1.82) is 0 Å². The van der Waals surface area contributed by atoms with E-state index in [-0.39, 0.29) is 12.0 Å². The van der Waals surface area contributed by atoms with Crippen LogP contribution in [-0.4, -0.2) is 35.2 Å². The van der Waals surface area contributed by atoms with Gasteiger partial charge in [0.15, 0.2) is 0 Å². The molecule has 0 spiro atoms. The lowest BCUT2D eigenvalue weighted by Gasteiger charge is -2.31. The number of rotatable bonds is 6. The van der Waals surface area contributed by atoms with Gasteiger partial charge in [-0.2, -0.15) is 0 Å². The molecule has 90 valence electrons. The van der Waals surface area contributed by atoms with Crippen LogP contribution >= 0.6 is 0 Å². The second-order valence-electron chi connectivity index (χ2n) is 4.86. The van der Waals surface area contributed by atoms with E-state index in [1.165, 1.54) is 5.56 Å². The molecule has 0 aromatic carbocycles. The maximum atomic E-state index is 9.36. The number of hydrogen-bond acceptors (Lipinski definition) is 3. The molecule has 0 aliphatic rings. The molecule has 0 saturated carbocycles. The highest BCUT2D eigenvalue weighted by atomic mass is 16.3. The van der Waals surface area contributed by atoms with Gasteiger partial charge in [-0.15, -0.1) is 0 Å². The van der Waals surface area contributed by atoms with Gasteiger partial charge >= 0.3 is 0 Å². The first-order chi connectivity index (χ1) is 7.59. The zero-order chi connectivity index (χ0) is 12.0. The van der Waals surface area contributed by atoms with Gasteiger partial charge in [-0.1, -0.05) is 19.9 Å². The first kappa shape index (κ1) is 13.1. The van der Waals surface area contributed by atoms with E-state index in [1.807, 2.05) is 12.3 Å². The van der Waals surface area contributed by atoms with Crippen molar-refractivity contribution in [2.45, 2.75) is 26.8 Å². The molecule has 1 heterocycles. The minimum atomic E-state index is -0.00302. The molecular formula is C13H22N2O. The number of nitrogens with zero attached hydrogens (tertiary/aromatic N) is 2. The van der Waals surface area contributed by atoms with Gasteiger partial charge in [-0.05, 0) is 25.1 Å². The molecule has 3 heteroatoms. The molecule has 0 amide bonds. The lowest BCUT2D eigenvalue weighted by molar-refractivity contribution is 0.0929. The van der Waals surface area contributed by atoms with Crippen molar-refractivity contribution >= 4 is 0 Å². The van der Waals surface area contributed by atoms with Gasteiger partial charge in [0.2, 0.25) is 0 Å². The molecule has 1 N–H and O–H groups in total. The number of aliphatic hydroxyl groups excluding tert-OH is 1. The van der Waals surface area contributed by atoms with Crippen molar-refractivity contribution in [3.8, 4) is 0 Å². The highest BCUT2D eigenvalue weighted by molar-refractivity contribution is 5.08. The van der Waals surface area contributed by atoms with Gasteiger partial charge in [0, 0.05) is 37.5 Å². The summed E-state index contributed by atoms with van der Waals surface area (Å²) in [6, 6.07) is 4.03. The Labute approximate surface area is 98.1 Å². The van der Waals surface area contributed by atoms with Crippen molar-refractivity contribution in [3.05, 3.63) is 30.1 Å². The summed E-state index contributed by atoms with van der Waals surface area (Å²) < 4.78 is 0. The zero-order valence-corrected chi connectivity index (χ0v) is 10.5. The van der Waals surface area contributed by atoms with Gasteiger partial charge in [0.05, 0.1) is 0 Å². The van der Waals surface area contributed by atoms with Gasteiger partial charge in [-0.25, -0.2) is 0 Å². The summed E-state index contributed by atoms with van der Waals surface area (Å²) in [6.45, 7) is 6.25. The molecule has 1 aromatic heterocycles. The van der Waals surface area contributed by atoms with Crippen LogP contribution in [0.25, 0.3) is 0 Å². The molecule has 0 radical (unpaired) electrons. The van der Waals surface area contributed by atoms with E-state index in [4.69, 9.17) is 0 Å². The molecule has 0 bridgehead atoms. The van der Waals surface area contributed by atoms with Gasteiger partial charge in [-0.3, -0.25) is 4.98 Å². The van der Waals surface area contributed by atoms with Crippen LogP contribution in [0.15, 0.2) is 24.5 Å². The summed E-state index contributed by atoms with van der Waals surface area (Å²) in [5.41, 5.74) is 1.21. The van der Waals surface area contributed by atoms with E-state index in [0.717, 1.165) is 19.5 Å². The molecule has 1 aromatic rings. The Hall–Kier alpha value is -0.930. The molecule has 16 heavy (non-hydrogen) atoms. The first-order valence-electron chi connectivity index (χ1n) is 5.78. The molecule has 0 saturated heterocycles. The van der Waals surface area contributed by atoms with Gasteiger partial charge in [0.1, 0.15) is 0 Å². The summed E-state index contributed by atoms with van der Waals surface area (Å²) in [5.74, 6) is 0. The summed E-state index contributed by atoms with van der Waals surface area (Å²) in [7, 11) is 2.08. The smallest absolute Gasteiger partial charge is 0.0496 e. The molecule has 0 aliphatic carbocycles. The average molecular weight is 222 g/mol. The van der Waals surface area contributed by atoms with E-state index in [2.05, 4.69) is 36.8 Å². The second-order valence-corrected chi connectivity index (χ2v) is 4.86. The SMILES string of the molecule is CCC(C)(CO)CN(C)Cc1cccnc1. The fraction of sp³-hybridized carbons (Fsp3) is 0.615. The normalized spacial score (nSPS) is 15.1. The largest absolute Gasteiger partial charge is 0.396 e. The van der Waals surface area contributed by atoms with E-state index in [0.29, 0.717) is 0 Å². The summed E-state index contributed by atoms with van der Waals surface area (Å²) in [6.07, 6.45) is 4.66. The third-order valence-corrected chi connectivity index (χ3v) is 3.06. The summed E-state index contributed by atoms with van der Waals surface area (Å²) in [4.78, 5) is 6.33. The Morgan fingerprint density at radius 2 is 2.25 bits per heavy atom. The van der Waals surface area contributed by atoms with Crippen LogP contribution < -0.4 is 0 Å². The van der Waals surface area contributed by atoms with Crippen LogP contribution in [0.1, 0.15) is 25.8 Å². The van der Waals surface area contributed by atoms with Crippen molar-refractivity contribution in [2.75, 3.05) is 20.2 Å². The maximum Gasteiger partial charge on any atom is 0.0496 e. The zero-order valence-electron chi connectivity index (χ0n) is 10.5. The fourth-order valence-electron chi connectivity index (χ4n) is 1.78. The van der Waals surface area contributed by atoms with E-state index in [1.54, 1.807) is 6.20 Å². The van der Waals surface area contributed by atoms with Crippen molar-refractivity contribution in [2.24, 2.45) is 5.41 Å². The van der Waals surface area contributed by atoms with Crippen LogP contribution in [0.4, 0.5) is 0 Å². The fourth-order valence-corrected chi connectivity index (χ4v) is 1.78. The predicted octanol–water partition coefficient (Wildman–Crippen LogP) is 1.92. The number of pyridine rings is 1. The van der Waals surface area contributed by atoms with Crippen molar-refractivity contribution in [1.82, 2.24) is 9.88 Å². The standard InChI is InChI=1S/C13H22N2O/c1-4-13(2,11-16)10-15(3)9-12-6-5-7-14-8-12/h5-8,16H,4,9-11H2,1-3H3. The minimum Gasteiger partial charge on any atom is -0.396 e. The molecule has 3 nitrogen and oxygen atoms in total. The Morgan fingerprint density at radius 1 is 1.50 bits per heavy atom. The third kappa shape index (κ3) is 3.91. The predicted molar refractivity (Wildman–Crippen MR) is 66.1 cm³/mol.